The average Bonchev–Trinajstić information content (AvgIpc) is 3.16. The molecule has 2 aromatic heterocycles. The van der Waals surface area contributed by atoms with Crippen molar-refractivity contribution in [2.75, 3.05) is 48.0 Å². The Balaban J connectivity index is 1.42. The Bertz CT molecular complexity index is 1060. The fourth-order valence-corrected chi connectivity index (χ4v) is 3.40. The Morgan fingerprint density at radius 1 is 1.10 bits per heavy atom. The zero-order chi connectivity index (χ0) is 20.9. The van der Waals surface area contributed by atoms with Gasteiger partial charge in [-0.05, 0) is 26.0 Å². The van der Waals surface area contributed by atoms with Crippen LogP contribution in [-0.4, -0.2) is 62.5 Å². The number of fused-ring (bicyclic) bond motifs is 2. The van der Waals surface area contributed by atoms with Crippen molar-refractivity contribution in [3.8, 4) is 11.5 Å². The summed E-state index contributed by atoms with van der Waals surface area (Å²) in [4.78, 5) is 25.5. The van der Waals surface area contributed by atoms with E-state index >= 15 is 0 Å². The minimum Gasteiger partial charge on any atom is -0.486 e. The zero-order valence-electron chi connectivity index (χ0n) is 16.6. The number of rotatable bonds is 8. The summed E-state index contributed by atoms with van der Waals surface area (Å²) in [5, 5.41) is 13.9. The second-order valence-corrected chi connectivity index (χ2v) is 7.18. The van der Waals surface area contributed by atoms with Crippen LogP contribution in [0.4, 0.5) is 17.6 Å². The third kappa shape index (κ3) is 4.48. The van der Waals surface area contributed by atoms with E-state index in [0.717, 1.165) is 0 Å². The number of aromatic nitrogens is 5. The van der Waals surface area contributed by atoms with Gasteiger partial charge in [-0.3, -0.25) is 4.79 Å². The SMILES string of the molecule is CCNc1nc(NCC)n2nc(SCC(=O)Nc3ccc4c(c3)OCCO4)nc2n1. The lowest BCUT2D eigenvalue weighted by atomic mass is 10.2. The molecule has 0 saturated heterocycles. The molecule has 0 fully saturated rings. The first-order valence-corrected chi connectivity index (χ1v) is 10.6. The number of benzene rings is 1. The molecule has 158 valence electrons. The summed E-state index contributed by atoms with van der Waals surface area (Å²) >= 11 is 1.22. The van der Waals surface area contributed by atoms with Gasteiger partial charge in [-0.2, -0.15) is 19.5 Å². The highest BCUT2D eigenvalue weighted by atomic mass is 32.2. The number of nitrogens with zero attached hydrogens (tertiary/aromatic N) is 5. The first-order valence-electron chi connectivity index (χ1n) is 9.61. The highest BCUT2D eigenvalue weighted by molar-refractivity contribution is 7.99. The summed E-state index contributed by atoms with van der Waals surface area (Å²) in [6.45, 7) is 6.32. The molecule has 0 aliphatic carbocycles. The van der Waals surface area contributed by atoms with Gasteiger partial charge in [0.15, 0.2) is 11.5 Å². The summed E-state index contributed by atoms with van der Waals surface area (Å²) in [6.07, 6.45) is 0. The van der Waals surface area contributed by atoms with Crippen LogP contribution in [0.3, 0.4) is 0 Å². The third-order valence-corrected chi connectivity index (χ3v) is 4.85. The quantitative estimate of drug-likeness (QED) is 0.456. The predicted molar refractivity (Wildman–Crippen MR) is 114 cm³/mol. The molecule has 1 aliphatic rings. The van der Waals surface area contributed by atoms with Crippen LogP contribution >= 0.6 is 11.8 Å². The molecular formula is C18H22N8O3S. The molecule has 0 spiro atoms. The summed E-state index contributed by atoms with van der Waals surface area (Å²) in [7, 11) is 0. The van der Waals surface area contributed by atoms with Crippen LogP contribution in [0.5, 0.6) is 11.5 Å². The number of nitrogens with one attached hydrogen (secondary N) is 3. The number of amides is 1. The maximum Gasteiger partial charge on any atom is 0.259 e. The van der Waals surface area contributed by atoms with Gasteiger partial charge in [0, 0.05) is 24.8 Å². The maximum atomic E-state index is 12.4. The molecule has 1 aromatic carbocycles. The highest BCUT2D eigenvalue weighted by Crippen LogP contribution is 2.32. The Hall–Kier alpha value is -3.28. The van der Waals surface area contributed by atoms with Gasteiger partial charge in [0.1, 0.15) is 13.2 Å². The van der Waals surface area contributed by atoms with E-state index in [9.17, 15) is 4.79 Å². The van der Waals surface area contributed by atoms with Gasteiger partial charge in [-0.15, -0.1) is 5.10 Å². The smallest absolute Gasteiger partial charge is 0.259 e. The van der Waals surface area contributed by atoms with Gasteiger partial charge in [0.2, 0.25) is 23.0 Å². The van der Waals surface area contributed by atoms with Crippen molar-refractivity contribution in [3.05, 3.63) is 18.2 Å². The number of carbonyl (C=O) groups excluding carboxylic acids is 1. The molecular weight excluding hydrogens is 408 g/mol. The molecule has 0 saturated carbocycles. The summed E-state index contributed by atoms with van der Waals surface area (Å²) in [6, 6.07) is 5.31. The Kier molecular flexibility index (Phi) is 6.02. The van der Waals surface area contributed by atoms with Crippen LogP contribution in [-0.2, 0) is 4.79 Å². The van der Waals surface area contributed by atoms with E-state index in [1.165, 1.54) is 16.3 Å². The second kappa shape index (κ2) is 9.03. The molecule has 1 aliphatic heterocycles. The number of carbonyl (C=O) groups is 1. The molecule has 0 unspecified atom stereocenters. The van der Waals surface area contributed by atoms with E-state index in [1.807, 2.05) is 13.8 Å². The van der Waals surface area contributed by atoms with Crippen molar-refractivity contribution in [3.63, 3.8) is 0 Å². The third-order valence-electron chi connectivity index (χ3n) is 4.02. The number of ether oxygens (including phenoxy) is 2. The van der Waals surface area contributed by atoms with Crippen molar-refractivity contribution in [1.82, 2.24) is 24.6 Å². The van der Waals surface area contributed by atoms with Crippen LogP contribution in [0, 0.1) is 0 Å². The molecule has 0 radical (unpaired) electrons. The van der Waals surface area contributed by atoms with Crippen molar-refractivity contribution >= 4 is 41.0 Å². The normalized spacial score (nSPS) is 12.6. The lowest BCUT2D eigenvalue weighted by molar-refractivity contribution is -0.113. The fourth-order valence-electron chi connectivity index (χ4n) is 2.79. The van der Waals surface area contributed by atoms with Gasteiger partial charge in [0.25, 0.3) is 5.78 Å². The lowest BCUT2D eigenvalue weighted by Crippen LogP contribution is -2.17. The monoisotopic (exact) mass is 430 g/mol. The van der Waals surface area contributed by atoms with Gasteiger partial charge < -0.3 is 25.4 Å². The Morgan fingerprint density at radius 2 is 1.90 bits per heavy atom. The molecule has 3 aromatic rings. The molecule has 0 bridgehead atoms. The summed E-state index contributed by atoms with van der Waals surface area (Å²) in [5.74, 6) is 2.69. The van der Waals surface area contributed by atoms with E-state index < -0.39 is 0 Å². The largest absolute Gasteiger partial charge is 0.486 e. The Morgan fingerprint density at radius 3 is 2.70 bits per heavy atom. The van der Waals surface area contributed by atoms with Crippen molar-refractivity contribution in [2.24, 2.45) is 0 Å². The predicted octanol–water partition coefficient (Wildman–Crippen LogP) is 1.88. The number of hydrogen-bond acceptors (Lipinski definition) is 10. The first-order chi connectivity index (χ1) is 14.7. The molecule has 1 amide bonds. The van der Waals surface area contributed by atoms with Crippen molar-refractivity contribution in [2.45, 2.75) is 19.0 Å². The minimum absolute atomic E-state index is 0.148. The summed E-state index contributed by atoms with van der Waals surface area (Å²) < 4.78 is 12.6. The molecule has 3 heterocycles. The molecule has 4 rings (SSSR count). The maximum absolute atomic E-state index is 12.4. The van der Waals surface area contributed by atoms with Gasteiger partial charge in [-0.25, -0.2) is 0 Å². The molecule has 3 N–H and O–H groups in total. The average molecular weight is 430 g/mol. The van der Waals surface area contributed by atoms with Crippen LogP contribution in [0.25, 0.3) is 5.78 Å². The van der Waals surface area contributed by atoms with Gasteiger partial charge in [0.05, 0.1) is 5.75 Å². The second-order valence-electron chi connectivity index (χ2n) is 6.23. The first kappa shape index (κ1) is 20.0. The van der Waals surface area contributed by atoms with Crippen LogP contribution in [0.2, 0.25) is 0 Å². The minimum atomic E-state index is -0.179. The molecule has 0 atom stereocenters. The molecule has 11 nitrogen and oxygen atoms in total. The number of anilines is 3. The Labute approximate surface area is 177 Å². The summed E-state index contributed by atoms with van der Waals surface area (Å²) in [5.41, 5.74) is 0.642. The zero-order valence-corrected chi connectivity index (χ0v) is 17.5. The van der Waals surface area contributed by atoms with E-state index in [2.05, 4.69) is 36.0 Å². The number of hydrogen-bond donors (Lipinski definition) is 3. The number of thioether (sulfide) groups is 1. The fraction of sp³-hybridized carbons (Fsp3) is 0.389. The molecule has 30 heavy (non-hydrogen) atoms. The van der Waals surface area contributed by atoms with E-state index in [4.69, 9.17) is 9.47 Å². The lowest BCUT2D eigenvalue weighted by Gasteiger charge is -2.18. The van der Waals surface area contributed by atoms with Gasteiger partial charge >= 0.3 is 0 Å². The van der Waals surface area contributed by atoms with Crippen molar-refractivity contribution in [1.29, 1.82) is 0 Å². The standard InChI is InChI=1S/C18H22N8O3S/c1-3-19-15-22-16(20-4-2)26-17(23-15)24-18(25-26)30-10-14(27)21-11-5-6-12-13(9-11)29-8-7-28-12/h5-6,9H,3-4,7-8,10H2,1-2H3,(H,21,27)(H2,19,20,22,23,24,25). The van der Waals surface area contributed by atoms with Crippen molar-refractivity contribution < 1.29 is 14.3 Å². The van der Waals surface area contributed by atoms with Crippen LogP contribution in [0.15, 0.2) is 23.4 Å². The topological polar surface area (TPSA) is 128 Å². The van der Waals surface area contributed by atoms with E-state index in [0.29, 0.717) is 66.3 Å². The van der Waals surface area contributed by atoms with E-state index in [-0.39, 0.29) is 11.7 Å². The van der Waals surface area contributed by atoms with Crippen LogP contribution < -0.4 is 25.4 Å². The van der Waals surface area contributed by atoms with Gasteiger partial charge in [-0.1, -0.05) is 11.8 Å². The molecule has 12 heteroatoms. The van der Waals surface area contributed by atoms with Crippen LogP contribution in [0.1, 0.15) is 13.8 Å². The van der Waals surface area contributed by atoms with E-state index in [1.54, 1.807) is 18.2 Å². The highest BCUT2D eigenvalue weighted by Gasteiger charge is 2.15.